The lowest BCUT2D eigenvalue weighted by Crippen LogP contribution is -2.32. The zero-order chi connectivity index (χ0) is 11.3. The van der Waals surface area contributed by atoms with E-state index >= 15 is 0 Å². The Kier molecular flexibility index (Phi) is 4.85. The monoisotopic (exact) mass is 210 g/mol. The van der Waals surface area contributed by atoms with Crippen molar-refractivity contribution in [1.82, 2.24) is 4.90 Å². The van der Waals surface area contributed by atoms with E-state index in [0.717, 1.165) is 37.5 Å². The fourth-order valence-electron chi connectivity index (χ4n) is 1.87. The number of hydrogen-bond donors (Lipinski definition) is 1. The van der Waals surface area contributed by atoms with Gasteiger partial charge >= 0.3 is 0 Å². The normalized spacial score (nSPS) is 13.4. The zero-order valence-electron chi connectivity index (χ0n) is 9.99. The minimum atomic E-state index is 0.556. The van der Waals surface area contributed by atoms with Crippen molar-refractivity contribution in [3.63, 3.8) is 0 Å². The summed E-state index contributed by atoms with van der Waals surface area (Å²) in [5, 5.41) is 0. The predicted molar refractivity (Wildman–Crippen MR) is 62.7 cm³/mol. The summed E-state index contributed by atoms with van der Waals surface area (Å²) in [5.41, 5.74) is 5.59. The lowest BCUT2D eigenvalue weighted by atomic mass is 10.1. The van der Waals surface area contributed by atoms with Crippen LogP contribution in [0.4, 0.5) is 0 Å². The maximum Gasteiger partial charge on any atom is 0.118 e. The van der Waals surface area contributed by atoms with Crippen molar-refractivity contribution in [2.45, 2.75) is 39.3 Å². The van der Waals surface area contributed by atoms with Crippen LogP contribution in [0.25, 0.3) is 0 Å². The molecule has 0 spiro atoms. The molecule has 0 saturated heterocycles. The Morgan fingerprint density at radius 1 is 1.47 bits per heavy atom. The molecule has 1 rings (SSSR count). The van der Waals surface area contributed by atoms with Gasteiger partial charge in [-0.1, -0.05) is 6.92 Å². The van der Waals surface area contributed by atoms with E-state index in [2.05, 4.69) is 18.9 Å². The van der Waals surface area contributed by atoms with Crippen LogP contribution in [0, 0.1) is 6.92 Å². The highest BCUT2D eigenvalue weighted by molar-refractivity contribution is 5.05. The summed E-state index contributed by atoms with van der Waals surface area (Å²) in [6.07, 6.45) is 2.18. The van der Waals surface area contributed by atoms with Crippen molar-refractivity contribution >= 4 is 0 Å². The molecule has 3 heteroatoms. The number of nitrogens with zero attached hydrogens (tertiary/aromatic N) is 1. The van der Waals surface area contributed by atoms with E-state index in [1.54, 1.807) is 0 Å². The van der Waals surface area contributed by atoms with E-state index in [1.807, 2.05) is 19.1 Å². The summed E-state index contributed by atoms with van der Waals surface area (Å²) in [5.74, 6) is 2.01. The molecule has 0 aliphatic carbocycles. The number of aryl methyl sites for hydroxylation is 1. The standard InChI is InChI=1S/C12H22N2O/c1-4-11(7-8-13)14(3)9-12-6-5-10(2)15-12/h5-6,11H,4,7-9,13H2,1-3H3. The van der Waals surface area contributed by atoms with Crippen molar-refractivity contribution in [2.24, 2.45) is 5.73 Å². The molecule has 0 saturated carbocycles. The molecule has 0 aliphatic heterocycles. The first-order chi connectivity index (χ1) is 7.17. The second-order valence-corrected chi connectivity index (χ2v) is 4.07. The Labute approximate surface area is 92.2 Å². The summed E-state index contributed by atoms with van der Waals surface area (Å²) in [4.78, 5) is 2.31. The highest BCUT2D eigenvalue weighted by Crippen LogP contribution is 2.13. The Morgan fingerprint density at radius 3 is 2.67 bits per heavy atom. The SMILES string of the molecule is CCC(CCN)N(C)Cc1ccc(C)o1. The largest absolute Gasteiger partial charge is 0.465 e. The third-order valence-corrected chi connectivity index (χ3v) is 2.80. The van der Waals surface area contributed by atoms with Crippen LogP contribution >= 0.6 is 0 Å². The van der Waals surface area contributed by atoms with Gasteiger partial charge in [0.2, 0.25) is 0 Å². The van der Waals surface area contributed by atoms with Crippen molar-refractivity contribution in [3.05, 3.63) is 23.7 Å². The molecule has 1 aromatic heterocycles. The molecule has 0 bridgehead atoms. The molecule has 0 fully saturated rings. The van der Waals surface area contributed by atoms with Crippen molar-refractivity contribution < 1.29 is 4.42 Å². The second-order valence-electron chi connectivity index (χ2n) is 4.07. The molecule has 15 heavy (non-hydrogen) atoms. The summed E-state index contributed by atoms with van der Waals surface area (Å²) in [6, 6.07) is 4.61. The molecule has 3 nitrogen and oxygen atoms in total. The molecule has 1 heterocycles. The average Bonchev–Trinajstić information content (AvgIpc) is 2.60. The molecule has 2 N–H and O–H groups in total. The Bertz CT molecular complexity index is 283. The van der Waals surface area contributed by atoms with Gasteiger partial charge in [-0.2, -0.15) is 0 Å². The van der Waals surface area contributed by atoms with Gasteiger partial charge < -0.3 is 10.2 Å². The minimum Gasteiger partial charge on any atom is -0.465 e. The van der Waals surface area contributed by atoms with Crippen molar-refractivity contribution in [3.8, 4) is 0 Å². The molecular formula is C12H22N2O. The van der Waals surface area contributed by atoms with Gasteiger partial charge in [0.25, 0.3) is 0 Å². The van der Waals surface area contributed by atoms with Gasteiger partial charge in [0.15, 0.2) is 0 Å². The highest BCUT2D eigenvalue weighted by Gasteiger charge is 2.13. The van der Waals surface area contributed by atoms with Gasteiger partial charge in [-0.15, -0.1) is 0 Å². The lowest BCUT2D eigenvalue weighted by Gasteiger charge is -2.25. The van der Waals surface area contributed by atoms with Crippen LogP contribution in [-0.4, -0.2) is 24.5 Å². The smallest absolute Gasteiger partial charge is 0.118 e. The van der Waals surface area contributed by atoms with Gasteiger partial charge in [0, 0.05) is 6.04 Å². The number of hydrogen-bond acceptors (Lipinski definition) is 3. The van der Waals surface area contributed by atoms with Gasteiger partial charge in [-0.05, 0) is 45.5 Å². The summed E-state index contributed by atoms with van der Waals surface area (Å²) in [6.45, 7) is 5.79. The minimum absolute atomic E-state index is 0.556. The third kappa shape index (κ3) is 3.68. The average molecular weight is 210 g/mol. The molecule has 1 atom stereocenters. The Hall–Kier alpha value is -0.800. The summed E-state index contributed by atoms with van der Waals surface area (Å²) >= 11 is 0. The van der Waals surface area contributed by atoms with E-state index in [4.69, 9.17) is 10.2 Å². The third-order valence-electron chi connectivity index (χ3n) is 2.80. The van der Waals surface area contributed by atoms with Crippen molar-refractivity contribution in [1.29, 1.82) is 0 Å². The first-order valence-corrected chi connectivity index (χ1v) is 5.63. The fourth-order valence-corrected chi connectivity index (χ4v) is 1.87. The maximum absolute atomic E-state index is 5.59. The van der Waals surface area contributed by atoms with Crippen LogP contribution in [0.15, 0.2) is 16.5 Å². The van der Waals surface area contributed by atoms with Crippen molar-refractivity contribution in [2.75, 3.05) is 13.6 Å². The van der Waals surface area contributed by atoms with E-state index in [-0.39, 0.29) is 0 Å². The van der Waals surface area contributed by atoms with Gasteiger partial charge in [0.05, 0.1) is 6.54 Å². The number of nitrogens with two attached hydrogens (primary N) is 1. The van der Waals surface area contributed by atoms with Gasteiger partial charge in [-0.3, -0.25) is 4.90 Å². The van der Waals surface area contributed by atoms with Crippen LogP contribution < -0.4 is 5.73 Å². The topological polar surface area (TPSA) is 42.4 Å². The first kappa shape index (κ1) is 12.3. The molecule has 0 amide bonds. The molecule has 0 aliphatic rings. The maximum atomic E-state index is 5.59. The van der Waals surface area contributed by atoms with E-state index in [0.29, 0.717) is 6.04 Å². The first-order valence-electron chi connectivity index (χ1n) is 5.63. The number of furan rings is 1. The van der Waals surface area contributed by atoms with Crippen LogP contribution in [0.3, 0.4) is 0 Å². The fraction of sp³-hybridized carbons (Fsp3) is 0.667. The predicted octanol–water partition coefficient (Wildman–Crippen LogP) is 2.15. The molecule has 1 unspecified atom stereocenters. The quantitative estimate of drug-likeness (QED) is 0.782. The van der Waals surface area contributed by atoms with E-state index in [9.17, 15) is 0 Å². The van der Waals surface area contributed by atoms with Crippen LogP contribution in [0.5, 0.6) is 0 Å². The van der Waals surface area contributed by atoms with Gasteiger partial charge in [-0.25, -0.2) is 0 Å². The van der Waals surface area contributed by atoms with Crippen LogP contribution in [0.2, 0.25) is 0 Å². The highest BCUT2D eigenvalue weighted by atomic mass is 16.3. The summed E-state index contributed by atoms with van der Waals surface area (Å²) in [7, 11) is 2.13. The molecule has 86 valence electrons. The van der Waals surface area contributed by atoms with Crippen LogP contribution in [-0.2, 0) is 6.54 Å². The molecular weight excluding hydrogens is 188 g/mol. The second kappa shape index (κ2) is 5.93. The Balaban J connectivity index is 2.49. The van der Waals surface area contributed by atoms with E-state index in [1.165, 1.54) is 0 Å². The molecule has 0 aromatic carbocycles. The molecule has 0 radical (unpaired) electrons. The number of rotatable bonds is 6. The lowest BCUT2D eigenvalue weighted by molar-refractivity contribution is 0.202. The zero-order valence-corrected chi connectivity index (χ0v) is 9.99. The Morgan fingerprint density at radius 2 is 2.20 bits per heavy atom. The van der Waals surface area contributed by atoms with Gasteiger partial charge in [0.1, 0.15) is 11.5 Å². The summed E-state index contributed by atoms with van der Waals surface area (Å²) < 4.78 is 5.55. The van der Waals surface area contributed by atoms with E-state index < -0.39 is 0 Å². The van der Waals surface area contributed by atoms with Crippen LogP contribution in [0.1, 0.15) is 31.3 Å². The molecule has 1 aromatic rings.